The number of nitrogens with zero attached hydrogens (tertiary/aromatic N) is 1. The molecule has 0 saturated heterocycles. The summed E-state index contributed by atoms with van der Waals surface area (Å²) in [6.07, 6.45) is 3.17. The maximum atomic E-state index is 13.0. The Morgan fingerprint density at radius 2 is 1.63 bits per heavy atom. The monoisotopic (exact) mass is 404 g/mol. The van der Waals surface area contributed by atoms with Crippen molar-refractivity contribution < 1.29 is 24.2 Å². The van der Waals surface area contributed by atoms with Crippen molar-refractivity contribution in [3.8, 4) is 16.9 Å². The third kappa shape index (κ3) is 4.70. The fraction of sp³-hybridized carbons (Fsp3) is 0.130. The number of hydrogen-bond acceptors (Lipinski definition) is 5. The van der Waals surface area contributed by atoms with Crippen LogP contribution < -0.4 is 10.1 Å². The Kier molecular flexibility index (Phi) is 6.22. The van der Waals surface area contributed by atoms with Gasteiger partial charge < -0.3 is 15.2 Å². The smallest absolute Gasteiger partial charge is 0.335 e. The molecule has 0 bridgehead atoms. The number of carbonyl (C=O) groups excluding carboxylic acids is 2. The molecule has 0 radical (unpaired) electrons. The van der Waals surface area contributed by atoms with Gasteiger partial charge in [0, 0.05) is 23.5 Å². The van der Waals surface area contributed by atoms with E-state index in [0.717, 1.165) is 5.56 Å². The Morgan fingerprint density at radius 1 is 0.933 bits per heavy atom. The van der Waals surface area contributed by atoms with Gasteiger partial charge in [-0.05, 0) is 73.5 Å². The summed E-state index contributed by atoms with van der Waals surface area (Å²) in [7, 11) is 0. The van der Waals surface area contributed by atoms with Crippen LogP contribution in [-0.4, -0.2) is 34.4 Å². The van der Waals surface area contributed by atoms with Crippen molar-refractivity contribution in [3.63, 3.8) is 0 Å². The van der Waals surface area contributed by atoms with Crippen LogP contribution in [0.15, 0.2) is 60.9 Å². The lowest BCUT2D eigenvalue weighted by molar-refractivity contribution is 0.0696. The molecule has 7 heteroatoms. The number of amides is 1. The zero-order valence-electron chi connectivity index (χ0n) is 16.5. The first-order valence-electron chi connectivity index (χ1n) is 9.27. The average Bonchev–Trinajstić information content (AvgIpc) is 2.75. The maximum absolute atomic E-state index is 13.0. The topological polar surface area (TPSA) is 106 Å². The Balaban J connectivity index is 2.01. The fourth-order valence-electron chi connectivity index (χ4n) is 2.92. The van der Waals surface area contributed by atoms with Crippen LogP contribution in [0.25, 0.3) is 11.1 Å². The summed E-state index contributed by atoms with van der Waals surface area (Å²) in [5, 5.41) is 12.2. The Labute approximate surface area is 173 Å². The van der Waals surface area contributed by atoms with Crippen LogP contribution in [0.3, 0.4) is 0 Å². The molecule has 0 unspecified atom stereocenters. The van der Waals surface area contributed by atoms with E-state index >= 15 is 0 Å². The van der Waals surface area contributed by atoms with E-state index < -0.39 is 11.9 Å². The summed E-state index contributed by atoms with van der Waals surface area (Å²) in [6.45, 7) is 3.61. The number of ether oxygens (including phenoxy) is 1. The third-order valence-corrected chi connectivity index (χ3v) is 4.39. The van der Waals surface area contributed by atoms with E-state index in [1.54, 1.807) is 42.7 Å². The third-order valence-electron chi connectivity index (χ3n) is 4.39. The van der Waals surface area contributed by atoms with Gasteiger partial charge in [-0.3, -0.25) is 14.6 Å². The molecule has 30 heavy (non-hydrogen) atoms. The minimum atomic E-state index is -1.14. The average molecular weight is 404 g/mol. The van der Waals surface area contributed by atoms with Gasteiger partial charge in [-0.1, -0.05) is 0 Å². The lowest BCUT2D eigenvalue weighted by atomic mass is 10.00. The summed E-state index contributed by atoms with van der Waals surface area (Å²) in [6, 6.07) is 12.6. The first-order chi connectivity index (χ1) is 14.4. The highest BCUT2D eigenvalue weighted by Crippen LogP contribution is 2.28. The van der Waals surface area contributed by atoms with Crippen LogP contribution in [0.5, 0.6) is 5.75 Å². The van der Waals surface area contributed by atoms with Crippen molar-refractivity contribution in [3.05, 3.63) is 77.6 Å². The number of benzene rings is 2. The first-order valence-corrected chi connectivity index (χ1v) is 9.27. The van der Waals surface area contributed by atoms with Gasteiger partial charge in [-0.25, -0.2) is 4.79 Å². The quantitative estimate of drug-likeness (QED) is 0.569. The summed E-state index contributed by atoms with van der Waals surface area (Å²) in [5.41, 5.74) is 2.21. The van der Waals surface area contributed by atoms with Gasteiger partial charge in [0.15, 0.2) is 5.78 Å². The normalized spacial score (nSPS) is 10.3. The molecule has 0 aliphatic carbocycles. The molecule has 0 aliphatic rings. The molecule has 0 saturated carbocycles. The minimum Gasteiger partial charge on any atom is -0.492 e. The number of aromatic carboxylic acids is 1. The number of Topliss-reactive ketones (excluding diaryl/α,β-unsaturated/α-hetero) is 1. The van der Waals surface area contributed by atoms with Crippen LogP contribution in [-0.2, 0) is 0 Å². The molecular formula is C23H20N2O5. The second-order valence-electron chi connectivity index (χ2n) is 6.49. The maximum Gasteiger partial charge on any atom is 0.335 e. The minimum absolute atomic E-state index is 0.0167. The molecule has 2 N–H and O–H groups in total. The summed E-state index contributed by atoms with van der Waals surface area (Å²) >= 11 is 0. The molecule has 7 nitrogen and oxygen atoms in total. The van der Waals surface area contributed by atoms with E-state index in [1.807, 2.05) is 6.92 Å². The molecule has 1 heterocycles. The SMILES string of the molecule is CCOc1ccc(C(C)=O)cc1NC(=O)c1cc(C(=O)O)cc(-c2ccncc2)c1. The molecule has 0 atom stereocenters. The summed E-state index contributed by atoms with van der Waals surface area (Å²) < 4.78 is 5.54. The van der Waals surface area contributed by atoms with Gasteiger partial charge in [0.05, 0.1) is 17.9 Å². The Hall–Kier alpha value is -4.00. The van der Waals surface area contributed by atoms with Gasteiger partial charge in [0.25, 0.3) is 5.91 Å². The van der Waals surface area contributed by atoms with E-state index in [-0.39, 0.29) is 16.9 Å². The fourth-order valence-corrected chi connectivity index (χ4v) is 2.92. The second-order valence-corrected chi connectivity index (χ2v) is 6.49. The number of carboxylic acids is 1. The standard InChI is InChI=1S/C23H20N2O5/c1-3-30-21-5-4-16(14(2)26)13-20(21)25-22(27)18-10-17(11-19(12-18)23(28)29)15-6-8-24-9-7-15/h4-13H,3H2,1-2H3,(H,25,27)(H,28,29). The predicted molar refractivity (Wildman–Crippen MR) is 112 cm³/mol. The first kappa shape index (κ1) is 20.7. The van der Waals surface area contributed by atoms with Crippen LogP contribution in [0.4, 0.5) is 5.69 Å². The van der Waals surface area contributed by atoms with Crippen molar-refractivity contribution >= 4 is 23.3 Å². The zero-order chi connectivity index (χ0) is 21.7. The molecular weight excluding hydrogens is 384 g/mol. The highest BCUT2D eigenvalue weighted by Gasteiger charge is 2.16. The number of ketones is 1. The van der Waals surface area contributed by atoms with Crippen LogP contribution in [0, 0.1) is 0 Å². The van der Waals surface area contributed by atoms with Gasteiger partial charge in [-0.2, -0.15) is 0 Å². The van der Waals surface area contributed by atoms with E-state index in [2.05, 4.69) is 10.3 Å². The number of nitrogens with one attached hydrogen (secondary N) is 1. The number of carboxylic acid groups (broad SMARTS) is 1. The van der Waals surface area contributed by atoms with Crippen molar-refractivity contribution in [2.24, 2.45) is 0 Å². The lowest BCUT2D eigenvalue weighted by Gasteiger charge is -2.14. The number of carbonyl (C=O) groups is 3. The van der Waals surface area contributed by atoms with Gasteiger partial charge in [-0.15, -0.1) is 0 Å². The summed E-state index contributed by atoms with van der Waals surface area (Å²) in [4.78, 5) is 40.2. The number of pyridine rings is 1. The second kappa shape index (κ2) is 9.00. The van der Waals surface area contributed by atoms with Gasteiger partial charge in [0.1, 0.15) is 5.75 Å². The number of rotatable bonds is 7. The van der Waals surface area contributed by atoms with E-state index in [4.69, 9.17) is 4.74 Å². The predicted octanol–water partition coefficient (Wildman–Crippen LogP) is 4.30. The van der Waals surface area contributed by atoms with Crippen molar-refractivity contribution in [2.75, 3.05) is 11.9 Å². The van der Waals surface area contributed by atoms with Gasteiger partial charge >= 0.3 is 5.97 Å². The summed E-state index contributed by atoms with van der Waals surface area (Å²) in [5.74, 6) is -1.40. The van der Waals surface area contributed by atoms with E-state index in [1.165, 1.54) is 25.1 Å². The van der Waals surface area contributed by atoms with E-state index in [9.17, 15) is 19.5 Å². The molecule has 3 rings (SSSR count). The van der Waals surface area contributed by atoms with Crippen LogP contribution >= 0.6 is 0 Å². The van der Waals surface area contributed by atoms with E-state index in [0.29, 0.717) is 29.2 Å². The number of anilines is 1. The highest BCUT2D eigenvalue weighted by molar-refractivity contribution is 6.08. The molecule has 0 aliphatic heterocycles. The molecule has 0 spiro atoms. The molecule has 1 amide bonds. The largest absolute Gasteiger partial charge is 0.492 e. The molecule has 0 fully saturated rings. The zero-order valence-corrected chi connectivity index (χ0v) is 16.5. The number of hydrogen-bond donors (Lipinski definition) is 2. The molecule has 1 aromatic heterocycles. The molecule has 3 aromatic rings. The Bertz CT molecular complexity index is 1110. The molecule has 152 valence electrons. The van der Waals surface area contributed by atoms with Crippen molar-refractivity contribution in [1.82, 2.24) is 4.98 Å². The van der Waals surface area contributed by atoms with Crippen molar-refractivity contribution in [2.45, 2.75) is 13.8 Å². The number of aromatic nitrogens is 1. The van der Waals surface area contributed by atoms with Crippen LogP contribution in [0.2, 0.25) is 0 Å². The molecule has 2 aromatic carbocycles. The highest BCUT2D eigenvalue weighted by atomic mass is 16.5. The lowest BCUT2D eigenvalue weighted by Crippen LogP contribution is -2.15. The van der Waals surface area contributed by atoms with Gasteiger partial charge in [0.2, 0.25) is 0 Å². The van der Waals surface area contributed by atoms with Crippen LogP contribution in [0.1, 0.15) is 44.9 Å². The Morgan fingerprint density at radius 3 is 2.27 bits per heavy atom. The van der Waals surface area contributed by atoms with Crippen molar-refractivity contribution in [1.29, 1.82) is 0 Å².